The third kappa shape index (κ3) is 1.72. The molecular formula is C18H18N2O2. The van der Waals surface area contributed by atoms with E-state index in [0.29, 0.717) is 19.3 Å². The monoisotopic (exact) mass is 294 g/mol. The van der Waals surface area contributed by atoms with Crippen LogP contribution in [0, 0.1) is 16.7 Å². The molecule has 0 N–H and O–H groups in total. The van der Waals surface area contributed by atoms with Crippen molar-refractivity contribution in [3.05, 3.63) is 42.1 Å². The van der Waals surface area contributed by atoms with Gasteiger partial charge in [0.25, 0.3) is 0 Å². The Kier molecular flexibility index (Phi) is 3.29. The van der Waals surface area contributed by atoms with Crippen LogP contribution in [0.1, 0.15) is 24.1 Å². The molecule has 3 rings (SSSR count). The number of hydrogen-bond acceptors (Lipinski definition) is 3. The Morgan fingerprint density at radius 2 is 2.23 bits per heavy atom. The van der Waals surface area contributed by atoms with Crippen molar-refractivity contribution >= 4 is 22.4 Å². The molecule has 0 saturated heterocycles. The smallest absolute Gasteiger partial charge is 0.316 e. The minimum Gasteiger partial charge on any atom is -0.468 e. The fraction of sp³-hybridized carbons (Fsp3) is 0.333. The summed E-state index contributed by atoms with van der Waals surface area (Å²) < 4.78 is 7.13. The summed E-state index contributed by atoms with van der Waals surface area (Å²) in [5.74, 6) is -0.298. The molecule has 0 aliphatic heterocycles. The zero-order valence-corrected chi connectivity index (χ0v) is 12.8. The maximum absolute atomic E-state index is 12.5. The number of carbonyl (C=O) groups is 1. The van der Waals surface area contributed by atoms with E-state index < -0.39 is 5.41 Å². The molecule has 0 spiro atoms. The van der Waals surface area contributed by atoms with Crippen LogP contribution in [0.2, 0.25) is 0 Å². The number of nitrogens with zero attached hydrogens (tertiary/aromatic N) is 2. The number of para-hydroxylation sites is 1. The standard InChI is InChI=1S/C18H18N2O2/c1-12-16-14(13-7-4-5-8-15(13)20(16)2)11-18(12,9-6-10-19)17(21)22-3/h4-5,7-8H,1,6,9,11H2,2-3H3. The van der Waals surface area contributed by atoms with Gasteiger partial charge in [-0.2, -0.15) is 5.26 Å². The molecule has 1 unspecified atom stereocenters. The van der Waals surface area contributed by atoms with Crippen LogP contribution in [-0.4, -0.2) is 17.6 Å². The second kappa shape index (κ2) is 5.03. The predicted molar refractivity (Wildman–Crippen MR) is 85.0 cm³/mol. The normalized spacial score (nSPS) is 20.0. The summed E-state index contributed by atoms with van der Waals surface area (Å²) in [6, 6.07) is 10.3. The van der Waals surface area contributed by atoms with Crippen molar-refractivity contribution in [2.45, 2.75) is 19.3 Å². The number of nitriles is 1. The molecule has 1 heterocycles. The topological polar surface area (TPSA) is 55.0 Å². The molecule has 2 aromatic rings. The van der Waals surface area contributed by atoms with Gasteiger partial charge in [-0.15, -0.1) is 0 Å². The molecule has 0 saturated carbocycles. The molecule has 112 valence electrons. The molecular weight excluding hydrogens is 276 g/mol. The first kappa shape index (κ1) is 14.4. The number of esters is 1. The highest BCUT2D eigenvalue weighted by Gasteiger charge is 2.49. The lowest BCUT2D eigenvalue weighted by atomic mass is 9.77. The summed E-state index contributed by atoms with van der Waals surface area (Å²) in [5.41, 5.74) is 3.23. The number of benzene rings is 1. The van der Waals surface area contributed by atoms with Gasteiger partial charge in [0.1, 0.15) is 0 Å². The maximum Gasteiger partial charge on any atom is 0.316 e. The van der Waals surface area contributed by atoms with Crippen LogP contribution in [0.3, 0.4) is 0 Å². The van der Waals surface area contributed by atoms with Crippen molar-refractivity contribution < 1.29 is 9.53 Å². The van der Waals surface area contributed by atoms with Crippen LogP contribution in [0.25, 0.3) is 16.5 Å². The minimum absolute atomic E-state index is 0.298. The lowest BCUT2D eigenvalue weighted by Crippen LogP contribution is -2.32. The summed E-state index contributed by atoms with van der Waals surface area (Å²) in [4.78, 5) is 12.5. The van der Waals surface area contributed by atoms with E-state index in [1.165, 1.54) is 7.11 Å². The molecule has 1 aromatic heterocycles. The lowest BCUT2D eigenvalue weighted by Gasteiger charge is -2.27. The van der Waals surface area contributed by atoms with Gasteiger partial charge in [0.2, 0.25) is 0 Å². The van der Waals surface area contributed by atoms with Crippen molar-refractivity contribution in [1.29, 1.82) is 5.26 Å². The molecule has 4 nitrogen and oxygen atoms in total. The Balaban J connectivity index is 2.19. The lowest BCUT2D eigenvalue weighted by molar-refractivity contribution is -0.149. The first-order valence-corrected chi connectivity index (χ1v) is 7.28. The largest absolute Gasteiger partial charge is 0.468 e. The number of hydrogen-bond donors (Lipinski definition) is 0. The number of aromatic nitrogens is 1. The highest BCUT2D eigenvalue weighted by molar-refractivity contribution is 6.01. The van der Waals surface area contributed by atoms with Crippen LogP contribution in [0.5, 0.6) is 0 Å². The number of methoxy groups -OCH3 is 1. The second-order valence-electron chi connectivity index (χ2n) is 5.79. The quantitative estimate of drug-likeness (QED) is 0.817. The number of rotatable bonds is 3. The van der Waals surface area contributed by atoms with Gasteiger partial charge in [-0.05, 0) is 30.0 Å². The van der Waals surface area contributed by atoms with Crippen molar-refractivity contribution in [2.75, 3.05) is 7.11 Å². The van der Waals surface area contributed by atoms with Crippen LogP contribution in [-0.2, 0) is 23.0 Å². The van der Waals surface area contributed by atoms with Gasteiger partial charge in [0.05, 0.1) is 18.6 Å². The zero-order valence-electron chi connectivity index (χ0n) is 12.8. The van der Waals surface area contributed by atoms with E-state index in [1.807, 2.05) is 19.2 Å². The van der Waals surface area contributed by atoms with E-state index in [2.05, 4.69) is 29.3 Å². The molecule has 22 heavy (non-hydrogen) atoms. The fourth-order valence-electron chi connectivity index (χ4n) is 3.67. The van der Waals surface area contributed by atoms with Crippen LogP contribution in [0.15, 0.2) is 30.8 Å². The van der Waals surface area contributed by atoms with Gasteiger partial charge in [-0.3, -0.25) is 4.79 Å². The SMILES string of the molecule is C=C1c2c(c3ccccc3n2C)CC1(CCC#N)C(=O)OC. The number of aryl methyl sites for hydroxylation is 1. The molecule has 1 aliphatic rings. The molecule has 0 fully saturated rings. The van der Waals surface area contributed by atoms with E-state index in [4.69, 9.17) is 10.00 Å². The van der Waals surface area contributed by atoms with Gasteiger partial charge in [0.15, 0.2) is 0 Å². The second-order valence-corrected chi connectivity index (χ2v) is 5.79. The molecule has 0 bridgehead atoms. The third-order valence-corrected chi connectivity index (χ3v) is 4.79. The van der Waals surface area contributed by atoms with Gasteiger partial charge in [0, 0.05) is 30.1 Å². The van der Waals surface area contributed by atoms with Gasteiger partial charge < -0.3 is 9.30 Å². The summed E-state index contributed by atoms with van der Waals surface area (Å²) in [7, 11) is 3.38. The molecule has 0 amide bonds. The first-order valence-electron chi connectivity index (χ1n) is 7.28. The van der Waals surface area contributed by atoms with E-state index in [0.717, 1.165) is 27.7 Å². The Hall–Kier alpha value is -2.54. The van der Waals surface area contributed by atoms with E-state index in [1.54, 1.807) is 0 Å². The van der Waals surface area contributed by atoms with E-state index >= 15 is 0 Å². The Labute approximate surface area is 129 Å². The minimum atomic E-state index is -0.809. The zero-order chi connectivity index (χ0) is 15.9. The van der Waals surface area contributed by atoms with Crippen molar-refractivity contribution in [2.24, 2.45) is 12.5 Å². The molecule has 4 heteroatoms. The fourth-order valence-corrected chi connectivity index (χ4v) is 3.67. The Morgan fingerprint density at radius 1 is 1.50 bits per heavy atom. The van der Waals surface area contributed by atoms with E-state index in [9.17, 15) is 4.79 Å². The average molecular weight is 294 g/mol. The van der Waals surface area contributed by atoms with Crippen LogP contribution in [0.4, 0.5) is 0 Å². The van der Waals surface area contributed by atoms with E-state index in [-0.39, 0.29) is 5.97 Å². The Morgan fingerprint density at radius 3 is 2.91 bits per heavy atom. The maximum atomic E-state index is 12.5. The number of ether oxygens (including phenoxy) is 1. The third-order valence-electron chi connectivity index (χ3n) is 4.79. The van der Waals surface area contributed by atoms with Gasteiger partial charge in [-0.25, -0.2) is 0 Å². The van der Waals surface area contributed by atoms with Crippen LogP contribution >= 0.6 is 0 Å². The first-order chi connectivity index (χ1) is 10.6. The molecule has 1 aromatic carbocycles. The van der Waals surface area contributed by atoms with Gasteiger partial charge in [-0.1, -0.05) is 24.8 Å². The predicted octanol–water partition coefficient (Wildman–Crippen LogP) is 3.21. The molecule has 1 aliphatic carbocycles. The number of carbonyl (C=O) groups excluding carboxylic acids is 1. The average Bonchev–Trinajstić information content (AvgIpc) is 2.99. The highest BCUT2D eigenvalue weighted by Crippen LogP contribution is 2.52. The summed E-state index contributed by atoms with van der Waals surface area (Å²) in [5, 5.41) is 10.1. The van der Waals surface area contributed by atoms with Gasteiger partial charge >= 0.3 is 5.97 Å². The van der Waals surface area contributed by atoms with Crippen molar-refractivity contribution in [1.82, 2.24) is 4.57 Å². The summed E-state index contributed by atoms with van der Waals surface area (Å²) in [6.45, 7) is 4.20. The molecule has 0 radical (unpaired) electrons. The number of fused-ring (bicyclic) bond motifs is 3. The summed E-state index contributed by atoms with van der Waals surface area (Å²) >= 11 is 0. The summed E-state index contributed by atoms with van der Waals surface area (Å²) in [6.07, 6.45) is 1.30. The molecule has 1 atom stereocenters. The Bertz CT molecular complexity index is 825. The van der Waals surface area contributed by atoms with Crippen molar-refractivity contribution in [3.63, 3.8) is 0 Å². The highest BCUT2D eigenvalue weighted by atomic mass is 16.5. The van der Waals surface area contributed by atoms with Crippen LogP contribution < -0.4 is 0 Å². The van der Waals surface area contributed by atoms with Crippen molar-refractivity contribution in [3.8, 4) is 6.07 Å².